The minimum Gasteiger partial charge on any atom is -0.482 e. The van der Waals surface area contributed by atoms with Gasteiger partial charge in [-0.15, -0.1) is 0 Å². The van der Waals surface area contributed by atoms with Crippen LogP contribution >= 0.6 is 0 Å². The third-order valence-corrected chi connectivity index (χ3v) is 5.82. The highest BCUT2D eigenvalue weighted by molar-refractivity contribution is 5.94. The number of nitrogens with one attached hydrogen (secondary N) is 1. The monoisotopic (exact) mass is 455 g/mol. The molecule has 33 heavy (non-hydrogen) atoms. The number of likely N-dealkylation sites (tertiary alicyclic amines) is 1. The number of carbonyl (C=O) groups is 2. The van der Waals surface area contributed by atoms with Crippen molar-refractivity contribution < 1.29 is 24.5 Å². The lowest BCUT2D eigenvalue weighted by Gasteiger charge is -2.34. The quantitative estimate of drug-likeness (QED) is 0.479. The molecule has 0 bridgehead atoms. The molecule has 1 fully saturated rings. The topological polar surface area (TPSA) is 102 Å². The number of carbonyl (C=O) groups excluding carboxylic acids is 1. The maximum atomic E-state index is 12.2. The van der Waals surface area contributed by atoms with E-state index in [1.165, 1.54) is 0 Å². The minimum absolute atomic E-state index is 0.0663. The molecular weight excluding hydrogens is 422 g/mol. The second-order valence-electron chi connectivity index (χ2n) is 8.39. The molecule has 0 saturated carbocycles. The number of anilines is 1. The van der Waals surface area contributed by atoms with Crippen molar-refractivity contribution in [2.45, 2.75) is 31.9 Å². The van der Waals surface area contributed by atoms with Crippen LogP contribution in [-0.4, -0.2) is 72.9 Å². The summed E-state index contributed by atoms with van der Waals surface area (Å²) in [6, 6.07) is 14.9. The van der Waals surface area contributed by atoms with Gasteiger partial charge in [0.1, 0.15) is 5.75 Å². The van der Waals surface area contributed by atoms with Gasteiger partial charge in [-0.05, 0) is 54.8 Å². The fourth-order valence-corrected chi connectivity index (χ4v) is 4.00. The largest absolute Gasteiger partial charge is 0.482 e. The van der Waals surface area contributed by atoms with Crippen LogP contribution in [0.15, 0.2) is 48.5 Å². The first-order valence-electron chi connectivity index (χ1n) is 11.3. The zero-order valence-electron chi connectivity index (χ0n) is 19.2. The maximum Gasteiger partial charge on any atom is 0.341 e. The fourth-order valence-electron chi connectivity index (χ4n) is 4.00. The summed E-state index contributed by atoms with van der Waals surface area (Å²) in [5, 5.41) is 21.8. The molecule has 8 nitrogen and oxygen atoms in total. The molecule has 2 atom stereocenters. The lowest BCUT2D eigenvalue weighted by molar-refractivity contribution is -0.139. The minimum atomic E-state index is -1.02. The van der Waals surface area contributed by atoms with Crippen molar-refractivity contribution >= 4 is 17.6 Å². The normalized spacial score (nSPS) is 16.9. The first-order chi connectivity index (χ1) is 15.9. The highest BCUT2D eigenvalue weighted by Gasteiger charge is 2.26. The van der Waals surface area contributed by atoms with E-state index in [0.717, 1.165) is 30.6 Å². The number of likely N-dealkylation sites (N-methyl/N-ethyl adjacent to an activating group) is 1. The molecular formula is C25H33N3O5. The van der Waals surface area contributed by atoms with Crippen LogP contribution < -0.4 is 15.0 Å². The van der Waals surface area contributed by atoms with E-state index in [1.807, 2.05) is 56.4 Å². The Kier molecular flexibility index (Phi) is 8.68. The number of amides is 1. The number of rotatable bonds is 11. The number of aliphatic hydroxyl groups excluding tert-OH is 1. The summed E-state index contributed by atoms with van der Waals surface area (Å²) in [6.45, 7) is 4.38. The molecule has 0 spiro atoms. The Balaban J connectivity index is 1.82. The Morgan fingerprint density at radius 3 is 2.64 bits per heavy atom. The van der Waals surface area contributed by atoms with Crippen molar-refractivity contribution in [3.05, 3.63) is 59.7 Å². The van der Waals surface area contributed by atoms with Crippen molar-refractivity contribution in [2.75, 3.05) is 44.7 Å². The molecule has 1 aliphatic heterocycles. The van der Waals surface area contributed by atoms with E-state index >= 15 is 0 Å². The van der Waals surface area contributed by atoms with Crippen molar-refractivity contribution in [3.8, 4) is 5.75 Å². The fraction of sp³-hybridized carbons (Fsp3) is 0.440. The number of carboxylic acid groups (broad SMARTS) is 1. The summed E-state index contributed by atoms with van der Waals surface area (Å²) in [5.41, 5.74) is 2.54. The number of aliphatic hydroxyl groups is 1. The van der Waals surface area contributed by atoms with Crippen molar-refractivity contribution in [1.29, 1.82) is 0 Å². The Morgan fingerprint density at radius 2 is 2.00 bits per heavy atom. The number of β-amino-alcohol motifs (C(OH)–C–C–N with tert-alkyl or cyclic N) is 1. The van der Waals surface area contributed by atoms with Crippen LogP contribution in [0.3, 0.4) is 0 Å². The zero-order valence-corrected chi connectivity index (χ0v) is 19.2. The van der Waals surface area contributed by atoms with E-state index < -0.39 is 12.6 Å². The van der Waals surface area contributed by atoms with Gasteiger partial charge in [0.2, 0.25) is 0 Å². The third kappa shape index (κ3) is 6.94. The van der Waals surface area contributed by atoms with E-state index in [1.54, 1.807) is 6.07 Å². The molecule has 1 amide bonds. The molecule has 8 heteroatoms. The molecule has 178 valence electrons. The van der Waals surface area contributed by atoms with E-state index in [9.17, 15) is 14.7 Å². The van der Waals surface area contributed by atoms with Crippen LogP contribution in [0.2, 0.25) is 0 Å². The number of benzene rings is 2. The highest BCUT2D eigenvalue weighted by Crippen LogP contribution is 2.30. The van der Waals surface area contributed by atoms with Crippen molar-refractivity contribution in [3.63, 3.8) is 0 Å². The molecule has 0 aliphatic carbocycles. The molecule has 3 N–H and O–H groups in total. The Hall–Kier alpha value is -3.10. The van der Waals surface area contributed by atoms with E-state index in [2.05, 4.69) is 15.1 Å². The SMILES string of the molecule is CCCNC(=O)c1ccc(N(C)[C@@H](CN2CCC(O)C2)c2cccc(OCC(=O)O)c2)cc1. The maximum absolute atomic E-state index is 12.2. The van der Waals surface area contributed by atoms with Gasteiger partial charge in [0, 0.05) is 44.5 Å². The van der Waals surface area contributed by atoms with Crippen LogP contribution in [0.4, 0.5) is 5.69 Å². The molecule has 1 heterocycles. The average molecular weight is 456 g/mol. The predicted octanol–water partition coefficient (Wildman–Crippen LogP) is 2.53. The van der Waals surface area contributed by atoms with Gasteiger partial charge in [-0.3, -0.25) is 9.69 Å². The van der Waals surface area contributed by atoms with Crippen LogP contribution in [0.25, 0.3) is 0 Å². The summed E-state index contributed by atoms with van der Waals surface area (Å²) in [4.78, 5) is 27.5. The lowest BCUT2D eigenvalue weighted by Crippen LogP contribution is -2.36. The number of aliphatic carboxylic acids is 1. The van der Waals surface area contributed by atoms with Gasteiger partial charge >= 0.3 is 5.97 Å². The summed E-state index contributed by atoms with van der Waals surface area (Å²) < 4.78 is 5.39. The Morgan fingerprint density at radius 1 is 1.24 bits per heavy atom. The summed E-state index contributed by atoms with van der Waals surface area (Å²) in [6.07, 6.45) is 1.32. The lowest BCUT2D eigenvalue weighted by atomic mass is 10.0. The van der Waals surface area contributed by atoms with Crippen molar-refractivity contribution in [1.82, 2.24) is 10.2 Å². The van der Waals surface area contributed by atoms with Crippen LogP contribution in [0.1, 0.15) is 41.7 Å². The third-order valence-electron chi connectivity index (χ3n) is 5.82. The van der Waals surface area contributed by atoms with Crippen molar-refractivity contribution in [2.24, 2.45) is 0 Å². The molecule has 0 radical (unpaired) electrons. The van der Waals surface area contributed by atoms with Gasteiger partial charge in [0.15, 0.2) is 6.61 Å². The number of nitrogens with zero attached hydrogens (tertiary/aromatic N) is 2. The number of hydrogen-bond acceptors (Lipinski definition) is 6. The van der Waals surface area contributed by atoms with E-state index in [4.69, 9.17) is 9.84 Å². The van der Waals surface area contributed by atoms with E-state index in [0.29, 0.717) is 30.9 Å². The standard InChI is InChI=1S/C25H33N3O5/c1-3-12-26-25(32)18-7-9-20(10-8-18)27(2)23(16-28-13-11-21(29)15-28)19-5-4-6-22(14-19)33-17-24(30)31/h4-10,14,21,23,29H,3,11-13,15-17H2,1-2H3,(H,26,32)(H,30,31)/t21?,23-/m0/s1. The molecule has 0 aromatic heterocycles. The summed E-state index contributed by atoms with van der Waals surface area (Å²) >= 11 is 0. The number of ether oxygens (including phenoxy) is 1. The smallest absolute Gasteiger partial charge is 0.341 e. The molecule has 2 aromatic rings. The first-order valence-corrected chi connectivity index (χ1v) is 11.3. The molecule has 2 aromatic carbocycles. The highest BCUT2D eigenvalue weighted by atomic mass is 16.5. The average Bonchev–Trinajstić information content (AvgIpc) is 3.24. The zero-order chi connectivity index (χ0) is 23.8. The van der Waals surface area contributed by atoms with Gasteiger partial charge in [0.05, 0.1) is 12.1 Å². The first kappa shape index (κ1) is 24.5. The molecule has 3 rings (SSSR count). The van der Waals surface area contributed by atoms with Crippen LogP contribution in [-0.2, 0) is 4.79 Å². The Labute approximate surface area is 194 Å². The second kappa shape index (κ2) is 11.7. The van der Waals surface area contributed by atoms with Gasteiger partial charge < -0.3 is 25.2 Å². The molecule has 1 aliphatic rings. The predicted molar refractivity (Wildman–Crippen MR) is 127 cm³/mol. The molecule has 1 unspecified atom stereocenters. The van der Waals surface area contributed by atoms with Gasteiger partial charge in [-0.1, -0.05) is 19.1 Å². The summed E-state index contributed by atoms with van der Waals surface area (Å²) in [7, 11) is 1.99. The van der Waals surface area contributed by atoms with Gasteiger partial charge in [0.25, 0.3) is 5.91 Å². The van der Waals surface area contributed by atoms with Crippen LogP contribution in [0.5, 0.6) is 5.75 Å². The van der Waals surface area contributed by atoms with Gasteiger partial charge in [-0.25, -0.2) is 4.79 Å². The second-order valence-corrected chi connectivity index (χ2v) is 8.39. The Bertz CT molecular complexity index is 934. The number of carboxylic acids is 1. The molecule has 1 saturated heterocycles. The number of hydrogen-bond donors (Lipinski definition) is 3. The summed E-state index contributed by atoms with van der Waals surface area (Å²) in [5.74, 6) is -0.613. The van der Waals surface area contributed by atoms with E-state index in [-0.39, 0.29) is 18.1 Å². The van der Waals surface area contributed by atoms with Crippen LogP contribution in [0, 0.1) is 0 Å². The van der Waals surface area contributed by atoms with Gasteiger partial charge in [-0.2, -0.15) is 0 Å².